The number of anilines is 2. The van der Waals surface area contributed by atoms with Gasteiger partial charge in [0.15, 0.2) is 0 Å². The molecule has 0 aliphatic rings. The highest BCUT2D eigenvalue weighted by Crippen LogP contribution is 2.24. The van der Waals surface area contributed by atoms with Gasteiger partial charge < -0.3 is 11.5 Å². The second kappa shape index (κ2) is 7.21. The Balaban J connectivity index is 0.00000128. The molecule has 0 bridgehead atoms. The van der Waals surface area contributed by atoms with Gasteiger partial charge in [0.1, 0.15) is 10.1 Å². The minimum absolute atomic E-state index is 0. The fraction of sp³-hybridized carbons (Fsp3) is 0. The van der Waals surface area contributed by atoms with Gasteiger partial charge in [0, 0.05) is 0 Å². The van der Waals surface area contributed by atoms with Crippen molar-refractivity contribution in [2.24, 2.45) is 0 Å². The average Bonchev–Trinajstić information content (AvgIpc) is 2.25. The number of pyridine rings is 2. The fourth-order valence-corrected chi connectivity index (χ4v) is 1.71. The highest BCUT2D eigenvalue weighted by atomic mass is 35.5. The second-order valence-electron chi connectivity index (χ2n) is 2.96. The largest absolute Gasteiger partial charge is 0.397 e. The van der Waals surface area contributed by atoms with E-state index in [-0.39, 0.29) is 24.8 Å². The molecule has 0 aromatic carbocycles. The van der Waals surface area contributed by atoms with Crippen molar-refractivity contribution in [1.29, 1.82) is 0 Å². The van der Waals surface area contributed by atoms with Crippen molar-refractivity contribution in [2.75, 3.05) is 11.5 Å². The minimum atomic E-state index is 0. The molecule has 7 heteroatoms. The van der Waals surface area contributed by atoms with E-state index in [0.717, 1.165) is 10.1 Å². The summed E-state index contributed by atoms with van der Waals surface area (Å²) in [6, 6.07) is 7.34. The lowest BCUT2D eigenvalue weighted by atomic mass is 10.4. The molecule has 0 unspecified atom stereocenters. The Labute approximate surface area is 116 Å². The van der Waals surface area contributed by atoms with E-state index in [4.69, 9.17) is 11.5 Å². The van der Waals surface area contributed by atoms with Crippen LogP contribution in [-0.2, 0) is 0 Å². The van der Waals surface area contributed by atoms with Crippen LogP contribution in [-0.4, -0.2) is 9.97 Å². The van der Waals surface area contributed by atoms with Gasteiger partial charge in [-0.05, 0) is 24.3 Å². The van der Waals surface area contributed by atoms with Gasteiger partial charge >= 0.3 is 0 Å². The summed E-state index contributed by atoms with van der Waals surface area (Å²) >= 11 is 1.47. The number of hydrogen-bond acceptors (Lipinski definition) is 5. The molecule has 0 spiro atoms. The molecule has 0 saturated heterocycles. The summed E-state index contributed by atoms with van der Waals surface area (Å²) < 4.78 is 0. The SMILES string of the molecule is Cl.Cl.Nc1ccc(Sc2ccc(N)cn2)nc1. The predicted molar refractivity (Wildman–Crippen MR) is 75.9 cm³/mol. The van der Waals surface area contributed by atoms with Crippen LogP contribution in [0.15, 0.2) is 46.7 Å². The lowest BCUT2D eigenvalue weighted by Crippen LogP contribution is -1.88. The molecule has 0 atom stereocenters. The molecule has 2 heterocycles. The van der Waals surface area contributed by atoms with Crippen molar-refractivity contribution in [1.82, 2.24) is 9.97 Å². The molecular formula is C10H12Cl2N4S. The van der Waals surface area contributed by atoms with Crippen LogP contribution in [0.4, 0.5) is 11.4 Å². The Morgan fingerprint density at radius 1 is 0.765 bits per heavy atom. The first-order valence-electron chi connectivity index (χ1n) is 4.35. The monoisotopic (exact) mass is 290 g/mol. The molecule has 0 radical (unpaired) electrons. The third-order valence-electron chi connectivity index (χ3n) is 1.73. The molecule has 0 fully saturated rings. The third-order valence-corrected chi connectivity index (χ3v) is 2.63. The van der Waals surface area contributed by atoms with E-state index in [9.17, 15) is 0 Å². The number of aromatic nitrogens is 2. The van der Waals surface area contributed by atoms with Crippen LogP contribution >= 0.6 is 36.6 Å². The first kappa shape index (κ1) is 15.8. The van der Waals surface area contributed by atoms with Crippen molar-refractivity contribution in [3.63, 3.8) is 0 Å². The average molecular weight is 291 g/mol. The predicted octanol–water partition coefficient (Wildman–Crippen LogP) is 2.64. The number of hydrogen-bond donors (Lipinski definition) is 2. The van der Waals surface area contributed by atoms with E-state index in [1.54, 1.807) is 12.4 Å². The molecule has 0 aliphatic carbocycles. The quantitative estimate of drug-likeness (QED) is 0.889. The molecule has 2 aromatic rings. The highest BCUT2D eigenvalue weighted by Gasteiger charge is 1.99. The van der Waals surface area contributed by atoms with E-state index in [1.807, 2.05) is 24.3 Å². The van der Waals surface area contributed by atoms with Crippen molar-refractivity contribution in [3.8, 4) is 0 Å². The summed E-state index contributed by atoms with van der Waals surface area (Å²) in [6.07, 6.45) is 3.25. The van der Waals surface area contributed by atoms with Crippen LogP contribution in [0, 0.1) is 0 Å². The second-order valence-corrected chi connectivity index (χ2v) is 4.00. The molecule has 4 nitrogen and oxygen atoms in total. The van der Waals surface area contributed by atoms with Gasteiger partial charge in [-0.2, -0.15) is 0 Å². The zero-order chi connectivity index (χ0) is 10.7. The van der Waals surface area contributed by atoms with E-state index < -0.39 is 0 Å². The molecular weight excluding hydrogens is 279 g/mol. The Morgan fingerprint density at radius 3 is 1.47 bits per heavy atom. The summed E-state index contributed by atoms with van der Waals surface area (Å²) in [5.74, 6) is 0. The van der Waals surface area contributed by atoms with Gasteiger partial charge in [-0.15, -0.1) is 24.8 Å². The molecule has 2 rings (SSSR count). The molecule has 0 amide bonds. The maximum atomic E-state index is 5.54. The van der Waals surface area contributed by atoms with Gasteiger partial charge in [-0.1, -0.05) is 11.8 Å². The Bertz CT molecular complexity index is 403. The van der Waals surface area contributed by atoms with Gasteiger partial charge in [-0.3, -0.25) is 0 Å². The number of rotatable bonds is 2. The van der Waals surface area contributed by atoms with Gasteiger partial charge in [0.05, 0.1) is 23.8 Å². The van der Waals surface area contributed by atoms with Crippen LogP contribution in [0.3, 0.4) is 0 Å². The van der Waals surface area contributed by atoms with Crippen molar-refractivity contribution in [2.45, 2.75) is 10.1 Å². The molecule has 2 aromatic heterocycles. The zero-order valence-corrected chi connectivity index (χ0v) is 11.2. The van der Waals surface area contributed by atoms with E-state index in [0.29, 0.717) is 11.4 Å². The Hall–Kier alpha value is -1.17. The highest BCUT2D eigenvalue weighted by molar-refractivity contribution is 7.99. The maximum Gasteiger partial charge on any atom is 0.102 e. The summed E-state index contributed by atoms with van der Waals surface area (Å²) in [7, 11) is 0. The van der Waals surface area contributed by atoms with Crippen LogP contribution in [0.25, 0.3) is 0 Å². The molecule has 92 valence electrons. The Morgan fingerprint density at radius 2 is 1.18 bits per heavy atom. The van der Waals surface area contributed by atoms with Crippen LogP contribution < -0.4 is 11.5 Å². The third kappa shape index (κ3) is 4.68. The van der Waals surface area contributed by atoms with Crippen molar-refractivity contribution in [3.05, 3.63) is 36.7 Å². The van der Waals surface area contributed by atoms with Crippen LogP contribution in [0.5, 0.6) is 0 Å². The minimum Gasteiger partial charge on any atom is -0.397 e. The number of halogens is 2. The number of nitrogens with two attached hydrogens (primary N) is 2. The maximum absolute atomic E-state index is 5.54. The van der Waals surface area contributed by atoms with E-state index >= 15 is 0 Å². The first-order chi connectivity index (χ1) is 7.24. The summed E-state index contributed by atoms with van der Waals surface area (Å²) in [6.45, 7) is 0. The van der Waals surface area contributed by atoms with Gasteiger partial charge in [0.25, 0.3) is 0 Å². The number of nitrogens with zero attached hydrogens (tertiary/aromatic N) is 2. The van der Waals surface area contributed by atoms with E-state index in [1.165, 1.54) is 11.8 Å². The molecule has 17 heavy (non-hydrogen) atoms. The topological polar surface area (TPSA) is 77.8 Å². The van der Waals surface area contributed by atoms with Gasteiger partial charge in [-0.25, -0.2) is 9.97 Å². The zero-order valence-electron chi connectivity index (χ0n) is 8.74. The summed E-state index contributed by atoms with van der Waals surface area (Å²) in [5, 5.41) is 1.72. The van der Waals surface area contributed by atoms with Crippen molar-refractivity contribution >= 4 is 48.0 Å². The lowest BCUT2D eigenvalue weighted by Gasteiger charge is -2.00. The lowest BCUT2D eigenvalue weighted by molar-refractivity contribution is 1.10. The van der Waals surface area contributed by atoms with Crippen LogP contribution in [0.2, 0.25) is 0 Å². The van der Waals surface area contributed by atoms with Gasteiger partial charge in [0.2, 0.25) is 0 Å². The summed E-state index contributed by atoms with van der Waals surface area (Å²) in [5.41, 5.74) is 12.4. The molecule has 4 N–H and O–H groups in total. The molecule has 0 aliphatic heterocycles. The van der Waals surface area contributed by atoms with Crippen LogP contribution in [0.1, 0.15) is 0 Å². The fourth-order valence-electron chi connectivity index (χ4n) is 1.01. The summed E-state index contributed by atoms with van der Waals surface area (Å²) in [4.78, 5) is 8.33. The number of nitrogen functional groups attached to an aromatic ring is 2. The van der Waals surface area contributed by atoms with Crippen molar-refractivity contribution < 1.29 is 0 Å². The normalized spacial score (nSPS) is 8.94. The Kier molecular flexibility index (Phi) is 6.72. The molecule has 0 saturated carbocycles. The first-order valence-corrected chi connectivity index (χ1v) is 5.16. The standard InChI is InChI=1S/C10H10N4S.2ClH/c11-7-1-3-9(13-5-7)15-10-4-2-8(12)6-14-10;;/h1-6H,11-12H2;2*1H. The van der Waals surface area contributed by atoms with E-state index in [2.05, 4.69) is 9.97 Å². The smallest absolute Gasteiger partial charge is 0.102 e.